The summed E-state index contributed by atoms with van der Waals surface area (Å²) in [6.07, 6.45) is -1.66. The highest BCUT2D eigenvalue weighted by molar-refractivity contribution is 6.05. The van der Waals surface area contributed by atoms with E-state index in [1.165, 1.54) is 11.6 Å². The third kappa shape index (κ3) is 4.86. The van der Waals surface area contributed by atoms with Gasteiger partial charge in [-0.25, -0.2) is 8.78 Å². The van der Waals surface area contributed by atoms with Crippen LogP contribution in [0.4, 0.5) is 8.78 Å². The smallest absolute Gasteiger partial charge is 0.270 e. The van der Waals surface area contributed by atoms with Gasteiger partial charge in [0.15, 0.2) is 0 Å². The van der Waals surface area contributed by atoms with Gasteiger partial charge >= 0.3 is 0 Å². The third-order valence-electron chi connectivity index (χ3n) is 4.50. The van der Waals surface area contributed by atoms with Gasteiger partial charge in [-0.2, -0.15) is 5.10 Å². The van der Waals surface area contributed by atoms with Gasteiger partial charge < -0.3 is 15.2 Å². The van der Waals surface area contributed by atoms with Crippen molar-refractivity contribution in [2.75, 3.05) is 6.61 Å². The Kier molecular flexibility index (Phi) is 6.07. The number of hydrogen-bond donors (Lipinski definition) is 2. The van der Waals surface area contributed by atoms with Crippen LogP contribution in [0.25, 0.3) is 10.9 Å². The number of nitrogens with zero attached hydrogens (tertiary/aromatic N) is 3. The summed E-state index contributed by atoms with van der Waals surface area (Å²) in [5, 5.41) is 16.8. The summed E-state index contributed by atoms with van der Waals surface area (Å²) in [4.78, 5) is 17.0. The predicted octanol–water partition coefficient (Wildman–Crippen LogP) is 2.68. The standard InChI is InChI=1S/C20H22F2N4O3/c1-20(12-27,10-17(21)22)24-19(28)18-15-9-14(6-7-16(15)25-26(18)2)29-11-13-5-3-4-8-23-13/h3-9,17,27H,10-12H2,1-2H3,(H,24,28). The highest BCUT2D eigenvalue weighted by Gasteiger charge is 2.31. The molecule has 0 aliphatic carbocycles. The lowest BCUT2D eigenvalue weighted by atomic mass is 9.99. The number of hydrogen-bond acceptors (Lipinski definition) is 5. The fraction of sp³-hybridized carbons (Fsp3) is 0.350. The summed E-state index contributed by atoms with van der Waals surface area (Å²) in [6, 6.07) is 10.6. The van der Waals surface area contributed by atoms with Crippen LogP contribution in [-0.4, -0.2) is 44.3 Å². The lowest BCUT2D eigenvalue weighted by molar-refractivity contribution is 0.0582. The molecule has 2 heterocycles. The monoisotopic (exact) mass is 404 g/mol. The number of aliphatic hydroxyl groups is 1. The van der Waals surface area contributed by atoms with E-state index < -0.39 is 30.9 Å². The maximum absolute atomic E-state index is 12.8. The molecule has 1 unspecified atom stereocenters. The van der Waals surface area contributed by atoms with E-state index in [1.807, 2.05) is 18.2 Å². The minimum atomic E-state index is -2.66. The quantitative estimate of drug-likeness (QED) is 0.603. The molecule has 0 aliphatic heterocycles. The fourth-order valence-electron chi connectivity index (χ4n) is 3.01. The van der Waals surface area contributed by atoms with Crippen LogP contribution in [0.1, 0.15) is 29.5 Å². The number of pyridine rings is 1. The molecule has 1 amide bonds. The van der Waals surface area contributed by atoms with Gasteiger partial charge in [-0.3, -0.25) is 14.5 Å². The first-order valence-corrected chi connectivity index (χ1v) is 9.02. The zero-order chi connectivity index (χ0) is 21.0. The molecular formula is C20H22F2N4O3. The van der Waals surface area contributed by atoms with E-state index in [2.05, 4.69) is 15.4 Å². The number of rotatable bonds is 8. The van der Waals surface area contributed by atoms with Gasteiger partial charge in [-0.15, -0.1) is 0 Å². The Morgan fingerprint density at radius 2 is 2.14 bits per heavy atom. The van der Waals surface area contributed by atoms with Crippen molar-refractivity contribution in [3.05, 3.63) is 54.0 Å². The number of nitrogens with one attached hydrogen (secondary N) is 1. The number of halogens is 2. The minimum Gasteiger partial charge on any atom is -0.487 e. The Labute approximate surface area is 166 Å². The molecule has 0 radical (unpaired) electrons. The number of aryl methyl sites for hydroxylation is 1. The molecule has 2 N–H and O–H groups in total. The fourth-order valence-corrected chi connectivity index (χ4v) is 3.01. The summed E-state index contributed by atoms with van der Waals surface area (Å²) in [6.45, 7) is 1.01. The van der Waals surface area contributed by atoms with Crippen molar-refractivity contribution >= 4 is 16.8 Å². The molecule has 0 bridgehead atoms. The van der Waals surface area contributed by atoms with Crippen molar-refractivity contribution in [1.82, 2.24) is 20.1 Å². The third-order valence-corrected chi connectivity index (χ3v) is 4.50. The molecule has 7 nitrogen and oxygen atoms in total. The average molecular weight is 404 g/mol. The number of ether oxygens (including phenoxy) is 1. The van der Waals surface area contributed by atoms with Crippen LogP contribution < -0.4 is 10.1 Å². The Balaban J connectivity index is 1.85. The minimum absolute atomic E-state index is 0.192. The number of benzene rings is 1. The van der Waals surface area contributed by atoms with Crippen molar-refractivity contribution in [2.24, 2.45) is 7.05 Å². The normalized spacial score (nSPS) is 13.4. The number of aromatic nitrogens is 3. The molecule has 2 aromatic heterocycles. The van der Waals surface area contributed by atoms with E-state index in [0.717, 1.165) is 5.69 Å². The summed E-state index contributed by atoms with van der Waals surface area (Å²) in [5.41, 5.74) is 0.0525. The van der Waals surface area contributed by atoms with Crippen molar-refractivity contribution in [2.45, 2.75) is 31.9 Å². The van der Waals surface area contributed by atoms with Crippen LogP contribution in [0.15, 0.2) is 42.6 Å². The van der Waals surface area contributed by atoms with Gasteiger partial charge in [0.25, 0.3) is 5.91 Å². The van der Waals surface area contributed by atoms with Gasteiger partial charge in [0, 0.05) is 25.1 Å². The SMILES string of the molecule is Cn1nc2ccc(OCc3ccccn3)cc2c1C(=O)NC(C)(CO)CC(F)F. The van der Waals surface area contributed by atoms with Crippen LogP contribution in [0.2, 0.25) is 0 Å². The molecule has 3 rings (SSSR count). The molecule has 3 aromatic rings. The first-order valence-electron chi connectivity index (χ1n) is 9.02. The number of carbonyl (C=O) groups is 1. The van der Waals surface area contributed by atoms with E-state index in [4.69, 9.17) is 4.74 Å². The molecule has 0 spiro atoms. The van der Waals surface area contributed by atoms with Crippen molar-refractivity contribution in [1.29, 1.82) is 0 Å². The van der Waals surface area contributed by atoms with Gasteiger partial charge in [0.05, 0.1) is 23.4 Å². The van der Waals surface area contributed by atoms with E-state index in [-0.39, 0.29) is 12.3 Å². The average Bonchev–Trinajstić information content (AvgIpc) is 3.01. The number of amides is 1. The molecule has 1 atom stereocenters. The van der Waals surface area contributed by atoms with Crippen molar-refractivity contribution in [3.8, 4) is 5.75 Å². The molecule has 0 aliphatic rings. The summed E-state index contributed by atoms with van der Waals surface area (Å²) < 4.78 is 32.8. The second-order valence-electron chi connectivity index (χ2n) is 7.03. The van der Waals surface area contributed by atoms with Crippen LogP contribution in [0.3, 0.4) is 0 Å². The maximum atomic E-state index is 12.8. The van der Waals surface area contributed by atoms with Gasteiger partial charge in [0.2, 0.25) is 6.43 Å². The number of carbonyl (C=O) groups excluding carboxylic acids is 1. The lowest BCUT2D eigenvalue weighted by Gasteiger charge is -2.28. The zero-order valence-corrected chi connectivity index (χ0v) is 16.1. The number of alkyl halides is 2. The van der Waals surface area contributed by atoms with E-state index in [9.17, 15) is 18.7 Å². The molecule has 9 heteroatoms. The zero-order valence-electron chi connectivity index (χ0n) is 16.1. The molecule has 29 heavy (non-hydrogen) atoms. The molecular weight excluding hydrogens is 382 g/mol. The number of aliphatic hydroxyl groups excluding tert-OH is 1. The Morgan fingerprint density at radius 1 is 1.34 bits per heavy atom. The van der Waals surface area contributed by atoms with Crippen molar-refractivity contribution < 1.29 is 23.4 Å². The molecule has 0 fully saturated rings. The Bertz CT molecular complexity index is 994. The first kappa shape index (κ1) is 20.7. The summed E-state index contributed by atoms with van der Waals surface area (Å²) in [5.74, 6) is -0.0863. The summed E-state index contributed by atoms with van der Waals surface area (Å²) in [7, 11) is 1.59. The Morgan fingerprint density at radius 3 is 2.79 bits per heavy atom. The lowest BCUT2D eigenvalue weighted by Crippen LogP contribution is -2.50. The maximum Gasteiger partial charge on any atom is 0.270 e. The second kappa shape index (κ2) is 8.52. The molecule has 0 saturated heterocycles. The largest absolute Gasteiger partial charge is 0.487 e. The second-order valence-corrected chi connectivity index (χ2v) is 7.03. The van der Waals surface area contributed by atoms with E-state index in [1.54, 1.807) is 31.4 Å². The van der Waals surface area contributed by atoms with Crippen LogP contribution in [0, 0.1) is 0 Å². The first-order chi connectivity index (χ1) is 13.8. The van der Waals surface area contributed by atoms with Crippen LogP contribution >= 0.6 is 0 Å². The van der Waals surface area contributed by atoms with Gasteiger partial charge in [-0.05, 0) is 37.3 Å². The van der Waals surface area contributed by atoms with E-state index >= 15 is 0 Å². The predicted molar refractivity (Wildman–Crippen MR) is 103 cm³/mol. The molecule has 1 aromatic carbocycles. The van der Waals surface area contributed by atoms with E-state index in [0.29, 0.717) is 16.7 Å². The van der Waals surface area contributed by atoms with Gasteiger partial charge in [0.1, 0.15) is 18.1 Å². The highest BCUT2D eigenvalue weighted by Crippen LogP contribution is 2.25. The molecule has 154 valence electrons. The highest BCUT2D eigenvalue weighted by atomic mass is 19.3. The number of fused-ring (bicyclic) bond motifs is 1. The van der Waals surface area contributed by atoms with Crippen LogP contribution in [-0.2, 0) is 13.7 Å². The van der Waals surface area contributed by atoms with Crippen molar-refractivity contribution in [3.63, 3.8) is 0 Å². The molecule has 0 saturated carbocycles. The van der Waals surface area contributed by atoms with Crippen LogP contribution in [0.5, 0.6) is 5.75 Å². The van der Waals surface area contributed by atoms with Gasteiger partial charge in [-0.1, -0.05) is 6.07 Å². The Hall–Kier alpha value is -3.07. The summed E-state index contributed by atoms with van der Waals surface area (Å²) >= 11 is 0. The topological polar surface area (TPSA) is 89.3 Å².